The van der Waals surface area contributed by atoms with E-state index in [0.29, 0.717) is 0 Å². The van der Waals surface area contributed by atoms with Crippen LogP contribution in [0.2, 0.25) is 0 Å². The van der Waals surface area contributed by atoms with Gasteiger partial charge in [0.15, 0.2) is 0 Å². The van der Waals surface area contributed by atoms with Crippen molar-refractivity contribution < 1.29 is 9.90 Å². The molecular formula is C2H10CaCl2KLiO2. The van der Waals surface area contributed by atoms with Gasteiger partial charge in [0.2, 0.25) is 0 Å². The van der Waals surface area contributed by atoms with Crippen LogP contribution in [0.5, 0.6) is 0 Å². The fourth-order valence-electron chi connectivity index (χ4n) is 0. The molecule has 9 heavy (non-hydrogen) atoms. The molecule has 1 N–H and O–H groups in total. The third-order valence-corrected chi connectivity index (χ3v) is 0. The van der Waals surface area contributed by atoms with Crippen molar-refractivity contribution in [3.05, 3.63) is 0 Å². The Bertz CT molecular complexity index is 45.5. The molecule has 0 radical (unpaired) electrons. The SMILES string of the molecule is CC(=O)O.Cl.Cl.[CaH2].[KH].[LiH]. The van der Waals surface area contributed by atoms with Crippen molar-refractivity contribution in [1.82, 2.24) is 0 Å². The summed E-state index contributed by atoms with van der Waals surface area (Å²) in [5.41, 5.74) is 0. The van der Waals surface area contributed by atoms with E-state index >= 15 is 0 Å². The van der Waals surface area contributed by atoms with Gasteiger partial charge in [-0.1, -0.05) is 0 Å². The molecule has 0 atom stereocenters. The molecule has 0 fully saturated rings. The second-order valence-electron chi connectivity index (χ2n) is 0.519. The van der Waals surface area contributed by atoms with Crippen molar-refractivity contribution >= 4 is 139 Å². The van der Waals surface area contributed by atoms with Crippen molar-refractivity contribution in [2.24, 2.45) is 0 Å². The van der Waals surface area contributed by atoms with E-state index in [4.69, 9.17) is 9.90 Å². The van der Waals surface area contributed by atoms with E-state index in [1.165, 1.54) is 0 Å². The number of rotatable bonds is 0. The van der Waals surface area contributed by atoms with Crippen LogP contribution in [0.25, 0.3) is 0 Å². The molecule has 0 heterocycles. The van der Waals surface area contributed by atoms with Gasteiger partial charge in [-0.05, 0) is 0 Å². The van der Waals surface area contributed by atoms with Gasteiger partial charge in [0.25, 0.3) is 5.97 Å². The molecule has 0 aliphatic carbocycles. The first kappa shape index (κ1) is 39.0. The van der Waals surface area contributed by atoms with Gasteiger partial charge in [-0.2, -0.15) is 0 Å². The van der Waals surface area contributed by atoms with E-state index in [9.17, 15) is 0 Å². The van der Waals surface area contributed by atoms with Gasteiger partial charge in [-0.3, -0.25) is 4.79 Å². The van der Waals surface area contributed by atoms with Gasteiger partial charge in [-0.15, -0.1) is 24.8 Å². The summed E-state index contributed by atoms with van der Waals surface area (Å²) in [5.74, 6) is -0.833. The van der Waals surface area contributed by atoms with Crippen LogP contribution < -0.4 is 0 Å². The predicted molar refractivity (Wildman–Crippen MR) is 50.6 cm³/mol. The van der Waals surface area contributed by atoms with E-state index < -0.39 is 5.97 Å². The molecule has 0 rings (SSSR count). The maximum atomic E-state index is 9.00. The number of hydrogen-bond donors (Lipinski definition) is 1. The second-order valence-corrected chi connectivity index (χ2v) is 0.519. The third kappa shape index (κ3) is 83.7. The first-order chi connectivity index (χ1) is 1.73. The molecule has 48 valence electrons. The van der Waals surface area contributed by atoms with Crippen LogP contribution >= 0.6 is 24.8 Å². The summed E-state index contributed by atoms with van der Waals surface area (Å²) in [6.45, 7) is 1.08. The van der Waals surface area contributed by atoms with Crippen LogP contribution in [0.3, 0.4) is 0 Å². The zero-order valence-corrected chi connectivity index (χ0v) is 4.80. The Hall–Kier alpha value is 3.54. The van der Waals surface area contributed by atoms with Gasteiger partial charge in [0.1, 0.15) is 0 Å². The molecule has 0 saturated heterocycles. The number of carboxylic acid groups (broad SMARTS) is 1. The number of aliphatic carboxylic acids is 1. The molecule has 0 amide bonds. The monoisotopic (exact) mass is 222 g/mol. The van der Waals surface area contributed by atoms with Gasteiger partial charge in [0, 0.05) is 6.92 Å². The predicted octanol–water partition coefficient (Wildman–Crippen LogP) is -1.28. The first-order valence-corrected chi connectivity index (χ1v) is 0.928. The number of hydrogen-bond acceptors (Lipinski definition) is 1. The minimum absolute atomic E-state index is 0. The molecule has 0 unspecified atom stereocenters. The Balaban J connectivity index is -0.00000000450. The fourth-order valence-corrected chi connectivity index (χ4v) is 0. The standard InChI is InChI=1S/C2H4O2.Ca.2ClH.K.Li.4H/c1-2(3)4;;;;;;;;;/h1H3,(H,3,4);;2*1H;;;;;;. The topological polar surface area (TPSA) is 37.3 Å². The molecule has 0 aromatic rings. The number of carbonyl (C=O) groups is 1. The Labute approximate surface area is 152 Å². The van der Waals surface area contributed by atoms with Crippen molar-refractivity contribution in [3.63, 3.8) is 0 Å². The van der Waals surface area contributed by atoms with E-state index in [0.717, 1.165) is 6.92 Å². The molecule has 0 aliphatic rings. The van der Waals surface area contributed by atoms with Gasteiger partial charge < -0.3 is 5.11 Å². The molecule has 0 saturated carbocycles. The Kier molecular flexibility index (Phi) is 130. The number of carboxylic acids is 1. The average molecular weight is 223 g/mol. The molecule has 0 aliphatic heterocycles. The van der Waals surface area contributed by atoms with Crippen LogP contribution in [0.1, 0.15) is 6.92 Å². The van der Waals surface area contributed by atoms with E-state index in [-0.39, 0.29) is 133 Å². The van der Waals surface area contributed by atoms with Crippen LogP contribution in [0.4, 0.5) is 0 Å². The summed E-state index contributed by atoms with van der Waals surface area (Å²) < 4.78 is 0. The normalized spacial score (nSPS) is 2.78. The van der Waals surface area contributed by atoms with E-state index in [1.54, 1.807) is 0 Å². The van der Waals surface area contributed by atoms with Crippen molar-refractivity contribution in [1.29, 1.82) is 0 Å². The van der Waals surface area contributed by atoms with Crippen LogP contribution in [0.15, 0.2) is 0 Å². The Morgan fingerprint density at radius 1 is 1.33 bits per heavy atom. The van der Waals surface area contributed by atoms with Gasteiger partial charge >= 0.3 is 108 Å². The first-order valence-electron chi connectivity index (χ1n) is 0.928. The van der Waals surface area contributed by atoms with Crippen molar-refractivity contribution in [3.8, 4) is 0 Å². The quantitative estimate of drug-likeness (QED) is 0.519. The third-order valence-electron chi connectivity index (χ3n) is 0. The fraction of sp³-hybridized carbons (Fsp3) is 0.500. The summed E-state index contributed by atoms with van der Waals surface area (Å²) in [7, 11) is 0. The molecule has 7 heteroatoms. The summed E-state index contributed by atoms with van der Waals surface area (Å²) in [5, 5.41) is 7.42. The number of halogens is 2. The zero-order valence-electron chi connectivity index (χ0n) is 3.17. The Morgan fingerprint density at radius 3 is 1.33 bits per heavy atom. The van der Waals surface area contributed by atoms with Gasteiger partial charge in [-0.25, -0.2) is 0 Å². The summed E-state index contributed by atoms with van der Waals surface area (Å²) in [6, 6.07) is 0. The molecule has 0 spiro atoms. The molecule has 0 aromatic carbocycles. The van der Waals surface area contributed by atoms with E-state index in [1.807, 2.05) is 0 Å². The Morgan fingerprint density at radius 2 is 1.33 bits per heavy atom. The minimum atomic E-state index is -0.833. The maximum absolute atomic E-state index is 9.00. The van der Waals surface area contributed by atoms with E-state index in [2.05, 4.69) is 0 Å². The summed E-state index contributed by atoms with van der Waals surface area (Å²) in [6.07, 6.45) is 0. The molecular weight excluding hydrogens is 213 g/mol. The second kappa shape index (κ2) is 30.0. The summed E-state index contributed by atoms with van der Waals surface area (Å²) in [4.78, 5) is 9.00. The van der Waals surface area contributed by atoms with Crippen LogP contribution in [-0.4, -0.2) is 119 Å². The average Bonchev–Trinajstić information content (AvgIpc) is 0.811. The van der Waals surface area contributed by atoms with Gasteiger partial charge in [0.05, 0.1) is 0 Å². The van der Waals surface area contributed by atoms with Crippen molar-refractivity contribution in [2.45, 2.75) is 6.92 Å². The zero-order chi connectivity index (χ0) is 3.58. The van der Waals surface area contributed by atoms with Crippen LogP contribution in [-0.2, 0) is 4.79 Å². The van der Waals surface area contributed by atoms with Crippen molar-refractivity contribution in [2.75, 3.05) is 0 Å². The molecule has 0 bridgehead atoms. The van der Waals surface area contributed by atoms with Crippen LogP contribution in [0, 0.1) is 0 Å². The summed E-state index contributed by atoms with van der Waals surface area (Å²) >= 11 is 0. The molecule has 2 nitrogen and oxygen atoms in total. The molecule has 0 aromatic heterocycles.